The van der Waals surface area contributed by atoms with Crippen LogP contribution in [0, 0.1) is 16.7 Å². The van der Waals surface area contributed by atoms with Crippen LogP contribution < -0.4 is 22.9 Å². The summed E-state index contributed by atoms with van der Waals surface area (Å²) in [5.41, 5.74) is 24.6. The molecule has 2 rings (SSSR count). The minimum absolute atomic E-state index is 0.0174. The zero-order valence-corrected chi connectivity index (χ0v) is 17.1. The molecule has 0 radical (unpaired) electrons. The fourth-order valence-corrected chi connectivity index (χ4v) is 4.89. The van der Waals surface area contributed by atoms with Gasteiger partial charge in [-0.1, -0.05) is 20.8 Å². The Hall–Kier alpha value is -0.160. The molecule has 2 saturated carbocycles. The predicted octanol–water partition coefficient (Wildman–Crippen LogP) is 3.12. The van der Waals surface area contributed by atoms with Crippen LogP contribution in [0.3, 0.4) is 0 Å². The monoisotopic (exact) mass is 340 g/mol. The first-order valence-electron chi connectivity index (χ1n) is 9.72. The van der Waals surface area contributed by atoms with Crippen molar-refractivity contribution < 1.29 is 0 Å². The smallest absolute Gasteiger partial charge is 0.0126 e. The van der Waals surface area contributed by atoms with Gasteiger partial charge >= 0.3 is 0 Å². The van der Waals surface area contributed by atoms with Crippen LogP contribution in [0.4, 0.5) is 0 Å². The van der Waals surface area contributed by atoms with Gasteiger partial charge in [-0.05, 0) is 89.0 Å². The number of hydrogen-bond acceptors (Lipinski definition) is 4. The van der Waals surface area contributed by atoms with E-state index >= 15 is 0 Å². The summed E-state index contributed by atoms with van der Waals surface area (Å²) in [5.74, 6) is 0.661. The van der Waals surface area contributed by atoms with E-state index in [1.165, 1.54) is 19.3 Å². The number of rotatable bonds is 2. The maximum atomic E-state index is 6.06. The van der Waals surface area contributed by atoms with Crippen molar-refractivity contribution in [3.63, 3.8) is 0 Å². The fourth-order valence-electron chi connectivity index (χ4n) is 4.89. The van der Waals surface area contributed by atoms with Gasteiger partial charge in [0.15, 0.2) is 0 Å². The van der Waals surface area contributed by atoms with E-state index in [9.17, 15) is 0 Å². The predicted molar refractivity (Wildman–Crippen MR) is 106 cm³/mol. The Balaban J connectivity index is 0.000000240. The van der Waals surface area contributed by atoms with Gasteiger partial charge in [0.05, 0.1) is 0 Å². The summed E-state index contributed by atoms with van der Waals surface area (Å²) in [5, 5.41) is 0. The first-order chi connectivity index (χ1) is 10.7. The molecule has 0 bridgehead atoms. The van der Waals surface area contributed by atoms with Crippen molar-refractivity contribution in [3.05, 3.63) is 0 Å². The van der Waals surface area contributed by atoms with Gasteiger partial charge in [-0.15, -0.1) is 0 Å². The summed E-state index contributed by atoms with van der Waals surface area (Å²) in [6.07, 6.45) is 8.07. The van der Waals surface area contributed by atoms with E-state index in [1.54, 1.807) is 0 Å². The van der Waals surface area contributed by atoms with E-state index in [4.69, 9.17) is 22.9 Å². The lowest BCUT2D eigenvalue weighted by molar-refractivity contribution is 0.0904. The Morgan fingerprint density at radius 3 is 1.88 bits per heavy atom. The highest BCUT2D eigenvalue weighted by Gasteiger charge is 2.39. The molecule has 2 fully saturated rings. The van der Waals surface area contributed by atoms with E-state index in [0.717, 1.165) is 32.2 Å². The molecule has 144 valence electrons. The first-order valence-corrected chi connectivity index (χ1v) is 9.72. The van der Waals surface area contributed by atoms with Crippen molar-refractivity contribution in [1.29, 1.82) is 0 Å². The Kier molecular flexibility index (Phi) is 6.94. The zero-order valence-electron chi connectivity index (χ0n) is 17.1. The molecule has 24 heavy (non-hydrogen) atoms. The summed E-state index contributed by atoms with van der Waals surface area (Å²) in [7, 11) is 0. The fraction of sp³-hybridized carbons (Fsp3) is 1.00. The summed E-state index contributed by atoms with van der Waals surface area (Å²) in [4.78, 5) is 0. The largest absolute Gasteiger partial charge is 0.330 e. The highest BCUT2D eigenvalue weighted by atomic mass is 14.8. The van der Waals surface area contributed by atoms with E-state index in [-0.39, 0.29) is 16.5 Å². The van der Waals surface area contributed by atoms with E-state index < -0.39 is 0 Å². The molecule has 2 atom stereocenters. The molecule has 0 spiro atoms. The van der Waals surface area contributed by atoms with Crippen LogP contribution in [0.15, 0.2) is 0 Å². The molecule has 0 heterocycles. The van der Waals surface area contributed by atoms with Crippen LogP contribution in [0.2, 0.25) is 0 Å². The van der Waals surface area contributed by atoms with Gasteiger partial charge in [-0.25, -0.2) is 0 Å². The molecule has 0 aromatic heterocycles. The lowest BCUT2D eigenvalue weighted by Gasteiger charge is -2.45. The Morgan fingerprint density at radius 1 is 1.00 bits per heavy atom. The summed E-state index contributed by atoms with van der Waals surface area (Å²) < 4.78 is 0. The third-order valence-corrected chi connectivity index (χ3v) is 6.15. The molecule has 0 aromatic carbocycles. The van der Waals surface area contributed by atoms with E-state index in [0.29, 0.717) is 17.4 Å². The van der Waals surface area contributed by atoms with Crippen molar-refractivity contribution in [1.82, 2.24) is 0 Å². The molecular weight excluding hydrogens is 296 g/mol. The molecule has 4 heteroatoms. The molecule has 0 saturated heterocycles. The van der Waals surface area contributed by atoms with Crippen molar-refractivity contribution in [3.8, 4) is 0 Å². The summed E-state index contributed by atoms with van der Waals surface area (Å²) in [6, 6.07) is 0.349. The maximum Gasteiger partial charge on any atom is 0.0126 e. The van der Waals surface area contributed by atoms with Crippen LogP contribution in [-0.2, 0) is 0 Å². The van der Waals surface area contributed by atoms with Crippen molar-refractivity contribution >= 4 is 0 Å². The normalized spacial score (nSPS) is 39.8. The topological polar surface area (TPSA) is 104 Å². The van der Waals surface area contributed by atoms with Gasteiger partial charge in [0.25, 0.3) is 0 Å². The third kappa shape index (κ3) is 6.99. The highest BCUT2D eigenvalue weighted by Crippen LogP contribution is 2.44. The summed E-state index contributed by atoms with van der Waals surface area (Å²) >= 11 is 0. The minimum Gasteiger partial charge on any atom is -0.330 e. The average Bonchev–Trinajstić information content (AvgIpc) is 2.34. The second kappa shape index (κ2) is 7.61. The number of nitrogens with two attached hydrogens (primary N) is 4. The molecule has 0 amide bonds. The second-order valence-electron chi connectivity index (χ2n) is 10.8. The molecule has 8 N–H and O–H groups in total. The Bertz CT molecular complexity index is 387. The van der Waals surface area contributed by atoms with Crippen LogP contribution >= 0.6 is 0 Å². The van der Waals surface area contributed by atoms with Crippen LogP contribution in [0.25, 0.3) is 0 Å². The molecule has 2 aliphatic rings. The van der Waals surface area contributed by atoms with Gasteiger partial charge in [0.1, 0.15) is 0 Å². The molecule has 2 aliphatic carbocycles. The highest BCUT2D eigenvalue weighted by molar-refractivity contribution is 4.94. The van der Waals surface area contributed by atoms with Crippen molar-refractivity contribution in [2.45, 2.75) is 104 Å². The van der Waals surface area contributed by atoms with Crippen LogP contribution in [-0.4, -0.2) is 23.7 Å². The van der Waals surface area contributed by atoms with E-state index in [1.807, 2.05) is 0 Å². The lowest BCUT2D eigenvalue weighted by atomic mass is 9.63. The number of hydrogen-bond donors (Lipinski definition) is 4. The van der Waals surface area contributed by atoms with E-state index in [2.05, 4.69) is 41.5 Å². The molecular formula is C20H44N4. The van der Waals surface area contributed by atoms with Crippen LogP contribution in [0.5, 0.6) is 0 Å². The maximum absolute atomic E-state index is 6.06. The SMILES string of the molecule is CC1(C)CC(N)CC(C)(CN)C1.CC1(N)CCC(C(C)(C)N)CC1. The Labute approximate surface area is 150 Å². The summed E-state index contributed by atoms with van der Waals surface area (Å²) in [6.45, 7) is 14.0. The standard InChI is InChI=1S/2C10H22N2/c1-9(2)4-8(12)5-10(3,6-9)7-11;1-9(2,11)8-4-6-10(3,12)7-5-8/h2*8H,4-7,11-12H2,1-3H3. The minimum atomic E-state index is -0.0174. The zero-order chi connectivity index (χ0) is 18.8. The first kappa shape index (κ1) is 21.9. The van der Waals surface area contributed by atoms with Crippen molar-refractivity contribution in [2.24, 2.45) is 39.7 Å². The van der Waals surface area contributed by atoms with Gasteiger partial charge in [-0.3, -0.25) is 0 Å². The van der Waals surface area contributed by atoms with Gasteiger partial charge < -0.3 is 22.9 Å². The second-order valence-corrected chi connectivity index (χ2v) is 10.8. The molecule has 4 nitrogen and oxygen atoms in total. The molecule has 2 unspecified atom stereocenters. The van der Waals surface area contributed by atoms with Gasteiger partial charge in [0, 0.05) is 17.1 Å². The lowest BCUT2D eigenvalue weighted by Crippen LogP contribution is -2.48. The quantitative estimate of drug-likeness (QED) is 0.620. The Morgan fingerprint density at radius 2 is 1.50 bits per heavy atom. The van der Waals surface area contributed by atoms with Gasteiger partial charge in [-0.2, -0.15) is 0 Å². The van der Waals surface area contributed by atoms with Crippen LogP contribution in [0.1, 0.15) is 86.5 Å². The molecule has 0 aliphatic heterocycles. The van der Waals surface area contributed by atoms with Crippen molar-refractivity contribution in [2.75, 3.05) is 6.54 Å². The average molecular weight is 341 g/mol. The van der Waals surface area contributed by atoms with Gasteiger partial charge in [0.2, 0.25) is 0 Å². The third-order valence-electron chi connectivity index (χ3n) is 6.15. The molecule has 0 aromatic rings.